The Morgan fingerprint density at radius 3 is 2.41 bits per heavy atom. The number of nitrogens with zero attached hydrogens (tertiary/aromatic N) is 4. The summed E-state index contributed by atoms with van der Waals surface area (Å²) >= 11 is 0. The first kappa shape index (κ1) is 18.9. The minimum atomic E-state index is -0.491. The van der Waals surface area contributed by atoms with Crippen LogP contribution in [0.15, 0.2) is 36.9 Å². The second-order valence-electron chi connectivity index (χ2n) is 7.11. The van der Waals surface area contributed by atoms with Gasteiger partial charge in [0, 0.05) is 30.2 Å². The molecule has 1 fully saturated rings. The van der Waals surface area contributed by atoms with Gasteiger partial charge in [-0.25, -0.2) is 14.8 Å². The largest absolute Gasteiger partial charge is 0.464 e. The summed E-state index contributed by atoms with van der Waals surface area (Å²) in [6.45, 7) is 0. The normalized spacial score (nSPS) is 18.9. The zero-order valence-corrected chi connectivity index (χ0v) is 16.1. The van der Waals surface area contributed by atoms with Crippen LogP contribution in [0.2, 0.25) is 0 Å². The van der Waals surface area contributed by atoms with Gasteiger partial charge in [0.15, 0.2) is 5.69 Å². The van der Waals surface area contributed by atoms with Crippen molar-refractivity contribution >= 4 is 34.2 Å². The number of carbonyl (C=O) groups excluding carboxylic acids is 1. The van der Waals surface area contributed by atoms with Crippen LogP contribution >= 0.6 is 0 Å². The Hall–Kier alpha value is -3.49. The van der Waals surface area contributed by atoms with E-state index in [9.17, 15) is 4.79 Å². The number of ether oxygens (including phenoxy) is 1. The molecule has 4 N–H and O–H groups in total. The zero-order valence-electron chi connectivity index (χ0n) is 16.1. The number of aromatic nitrogens is 4. The molecule has 0 atom stereocenters. The summed E-state index contributed by atoms with van der Waals surface area (Å²) in [7, 11) is 1.32. The molecule has 1 aliphatic carbocycles. The maximum atomic E-state index is 11.4. The van der Waals surface area contributed by atoms with Gasteiger partial charge in [-0.3, -0.25) is 9.97 Å². The minimum Gasteiger partial charge on any atom is -0.464 e. The third kappa shape index (κ3) is 4.34. The van der Waals surface area contributed by atoms with Crippen molar-refractivity contribution in [2.24, 2.45) is 0 Å². The summed E-state index contributed by atoms with van der Waals surface area (Å²) in [5.74, 6) is 0.167. The molecule has 150 valence electrons. The van der Waals surface area contributed by atoms with Crippen LogP contribution in [0.5, 0.6) is 0 Å². The van der Waals surface area contributed by atoms with E-state index in [0.29, 0.717) is 23.6 Å². The summed E-state index contributed by atoms with van der Waals surface area (Å²) in [6, 6.07) is 4.40. The Labute approximate surface area is 168 Å². The Balaban J connectivity index is 1.35. The van der Waals surface area contributed by atoms with Crippen LogP contribution in [-0.4, -0.2) is 45.1 Å². The summed E-state index contributed by atoms with van der Waals surface area (Å²) in [4.78, 5) is 28.6. The van der Waals surface area contributed by atoms with E-state index in [0.717, 1.165) is 42.4 Å². The van der Waals surface area contributed by atoms with Crippen molar-refractivity contribution in [3.05, 3.63) is 42.6 Å². The number of hydrogen-bond acceptors (Lipinski definition) is 9. The smallest absolute Gasteiger partial charge is 0.358 e. The van der Waals surface area contributed by atoms with Gasteiger partial charge >= 0.3 is 5.97 Å². The fourth-order valence-electron chi connectivity index (χ4n) is 3.63. The van der Waals surface area contributed by atoms with E-state index < -0.39 is 5.97 Å². The molecule has 0 bridgehead atoms. The molecule has 0 unspecified atom stereocenters. The molecular formula is C20H23N7O2. The number of anilines is 3. The van der Waals surface area contributed by atoms with Crippen LogP contribution in [0.25, 0.3) is 11.0 Å². The molecule has 0 spiro atoms. The number of nitrogens with one attached hydrogen (secondary N) is 2. The van der Waals surface area contributed by atoms with Crippen LogP contribution in [0, 0.1) is 0 Å². The minimum absolute atomic E-state index is 0.198. The van der Waals surface area contributed by atoms with Crippen molar-refractivity contribution in [3.63, 3.8) is 0 Å². The quantitative estimate of drug-likeness (QED) is 0.442. The summed E-state index contributed by atoms with van der Waals surface area (Å²) in [6.07, 6.45) is 10.3. The zero-order chi connectivity index (χ0) is 20.2. The highest BCUT2D eigenvalue weighted by Gasteiger charge is 2.22. The molecule has 9 nitrogen and oxygen atoms in total. The molecule has 0 aliphatic heterocycles. The van der Waals surface area contributed by atoms with E-state index in [1.54, 1.807) is 18.6 Å². The number of nitrogen functional groups attached to an aromatic ring is 1. The maximum absolute atomic E-state index is 11.4. The molecule has 1 aliphatic rings. The highest BCUT2D eigenvalue weighted by molar-refractivity contribution is 5.90. The first-order valence-electron chi connectivity index (χ1n) is 9.56. The van der Waals surface area contributed by atoms with E-state index in [-0.39, 0.29) is 5.69 Å². The van der Waals surface area contributed by atoms with Crippen molar-refractivity contribution < 1.29 is 9.53 Å². The fourth-order valence-corrected chi connectivity index (χ4v) is 3.63. The SMILES string of the molecule is COC(=O)c1cnc(NC2CCC(Nc3cc(N)cc4nccnc34)CC2)cn1. The van der Waals surface area contributed by atoms with E-state index in [1.165, 1.54) is 13.3 Å². The lowest BCUT2D eigenvalue weighted by Crippen LogP contribution is -2.32. The third-order valence-corrected chi connectivity index (χ3v) is 5.08. The van der Waals surface area contributed by atoms with Gasteiger partial charge in [-0.2, -0.15) is 0 Å². The molecule has 29 heavy (non-hydrogen) atoms. The van der Waals surface area contributed by atoms with Gasteiger partial charge in [0.2, 0.25) is 0 Å². The monoisotopic (exact) mass is 393 g/mol. The number of nitrogens with two attached hydrogens (primary N) is 1. The Morgan fingerprint density at radius 1 is 1.00 bits per heavy atom. The highest BCUT2D eigenvalue weighted by atomic mass is 16.5. The lowest BCUT2D eigenvalue weighted by molar-refractivity contribution is 0.0593. The Bertz CT molecular complexity index is 1000. The summed E-state index contributed by atoms with van der Waals surface area (Å²) in [5, 5.41) is 6.98. The van der Waals surface area contributed by atoms with E-state index in [4.69, 9.17) is 5.73 Å². The highest BCUT2D eigenvalue weighted by Crippen LogP contribution is 2.28. The predicted molar refractivity (Wildman–Crippen MR) is 111 cm³/mol. The Kier molecular flexibility index (Phi) is 5.37. The third-order valence-electron chi connectivity index (χ3n) is 5.08. The number of hydrogen-bond donors (Lipinski definition) is 3. The van der Waals surface area contributed by atoms with Gasteiger partial charge in [-0.05, 0) is 37.8 Å². The van der Waals surface area contributed by atoms with Gasteiger partial charge in [-0.1, -0.05) is 0 Å². The van der Waals surface area contributed by atoms with Crippen LogP contribution in [0.3, 0.4) is 0 Å². The summed E-state index contributed by atoms with van der Waals surface area (Å²) < 4.78 is 4.64. The van der Waals surface area contributed by atoms with Crippen LogP contribution < -0.4 is 16.4 Å². The van der Waals surface area contributed by atoms with Crippen molar-refractivity contribution in [1.29, 1.82) is 0 Å². The second kappa shape index (κ2) is 8.26. The fraction of sp³-hybridized carbons (Fsp3) is 0.350. The molecule has 0 amide bonds. The first-order chi connectivity index (χ1) is 14.1. The lowest BCUT2D eigenvalue weighted by atomic mass is 9.91. The number of benzene rings is 1. The topological polar surface area (TPSA) is 128 Å². The summed E-state index contributed by atoms with van der Waals surface area (Å²) in [5.41, 5.74) is 9.44. The number of fused-ring (bicyclic) bond motifs is 1. The van der Waals surface area contributed by atoms with Gasteiger partial charge in [0.05, 0.1) is 30.7 Å². The molecule has 1 saturated carbocycles. The average Bonchev–Trinajstić information content (AvgIpc) is 2.75. The van der Waals surface area contributed by atoms with Gasteiger partial charge in [0.1, 0.15) is 11.3 Å². The Morgan fingerprint density at radius 2 is 1.72 bits per heavy atom. The lowest BCUT2D eigenvalue weighted by Gasteiger charge is -2.30. The standard InChI is InChI=1S/C20H23N7O2/c1-29-20(28)17-10-25-18(11-24-17)27-14-4-2-13(3-5-14)26-16-9-12(21)8-15-19(16)23-7-6-22-15/h6-11,13-14,26H,2-5,21H2,1H3,(H,25,27). The number of carbonyl (C=O) groups is 1. The second-order valence-corrected chi connectivity index (χ2v) is 7.11. The van der Waals surface area contributed by atoms with Gasteiger partial charge < -0.3 is 21.1 Å². The molecule has 3 aromatic rings. The van der Waals surface area contributed by atoms with E-state index in [2.05, 4.69) is 35.3 Å². The van der Waals surface area contributed by atoms with Crippen molar-refractivity contribution in [3.8, 4) is 0 Å². The molecule has 4 rings (SSSR count). The predicted octanol–water partition coefficient (Wildman–Crippen LogP) is 2.62. The number of methoxy groups -OCH3 is 1. The van der Waals surface area contributed by atoms with Crippen LogP contribution in [0.4, 0.5) is 17.2 Å². The molecule has 9 heteroatoms. The van der Waals surface area contributed by atoms with Crippen molar-refractivity contribution in [2.45, 2.75) is 37.8 Å². The first-order valence-corrected chi connectivity index (χ1v) is 9.56. The van der Waals surface area contributed by atoms with E-state index in [1.807, 2.05) is 12.1 Å². The van der Waals surface area contributed by atoms with Crippen LogP contribution in [-0.2, 0) is 4.74 Å². The van der Waals surface area contributed by atoms with E-state index >= 15 is 0 Å². The van der Waals surface area contributed by atoms with Gasteiger partial charge in [0.25, 0.3) is 0 Å². The number of esters is 1. The van der Waals surface area contributed by atoms with Gasteiger partial charge in [-0.15, -0.1) is 0 Å². The van der Waals surface area contributed by atoms with Crippen molar-refractivity contribution in [2.75, 3.05) is 23.5 Å². The van der Waals surface area contributed by atoms with Crippen molar-refractivity contribution in [1.82, 2.24) is 19.9 Å². The molecular weight excluding hydrogens is 370 g/mol. The van der Waals surface area contributed by atoms with Crippen LogP contribution in [0.1, 0.15) is 36.2 Å². The molecule has 2 aromatic heterocycles. The molecule has 2 heterocycles. The molecule has 0 saturated heterocycles. The molecule has 1 aromatic carbocycles. The molecule has 0 radical (unpaired) electrons. The average molecular weight is 393 g/mol. The number of rotatable bonds is 5. The maximum Gasteiger partial charge on any atom is 0.358 e.